The standard InChI is InChI=1S/C20H27N5O4S/c1-12(2)8-9-23-15(26)11-25(10-13-4-6-14(29-3)7-5-13)20(28)18-16(21)17(19(22)27)24-30-18/h4-7,12H,8-11,21H2,1-3H3,(H2,22,27)(H,23,26). The number of carbonyl (C=O) groups excluding carboxylic acids is 3. The molecule has 5 N–H and O–H groups in total. The number of nitrogen functional groups attached to an aromatic ring is 1. The van der Waals surface area contributed by atoms with Crippen LogP contribution in [-0.2, 0) is 11.3 Å². The van der Waals surface area contributed by atoms with E-state index < -0.39 is 11.8 Å². The van der Waals surface area contributed by atoms with Crippen LogP contribution in [0.15, 0.2) is 24.3 Å². The summed E-state index contributed by atoms with van der Waals surface area (Å²) < 4.78 is 9.02. The molecule has 1 heterocycles. The van der Waals surface area contributed by atoms with Crippen molar-refractivity contribution in [1.82, 2.24) is 14.6 Å². The molecule has 2 aromatic rings. The van der Waals surface area contributed by atoms with Crippen molar-refractivity contribution in [2.75, 3.05) is 25.9 Å². The number of primary amides is 1. The molecule has 1 aromatic heterocycles. The zero-order valence-corrected chi connectivity index (χ0v) is 18.1. The second-order valence-electron chi connectivity index (χ2n) is 7.18. The summed E-state index contributed by atoms with van der Waals surface area (Å²) in [5.74, 6) is -0.452. The largest absolute Gasteiger partial charge is 0.497 e. The summed E-state index contributed by atoms with van der Waals surface area (Å²) in [7, 11) is 1.56. The number of carbonyl (C=O) groups is 3. The van der Waals surface area contributed by atoms with Gasteiger partial charge in [-0.15, -0.1) is 0 Å². The number of aromatic nitrogens is 1. The van der Waals surface area contributed by atoms with E-state index in [1.54, 1.807) is 31.4 Å². The van der Waals surface area contributed by atoms with E-state index in [1.165, 1.54) is 4.90 Å². The summed E-state index contributed by atoms with van der Waals surface area (Å²) in [5.41, 5.74) is 11.7. The Kier molecular flexibility index (Phi) is 8.16. The van der Waals surface area contributed by atoms with Gasteiger partial charge in [0.2, 0.25) is 5.91 Å². The summed E-state index contributed by atoms with van der Waals surface area (Å²) in [5, 5.41) is 2.82. The van der Waals surface area contributed by atoms with Crippen molar-refractivity contribution in [3.63, 3.8) is 0 Å². The zero-order valence-electron chi connectivity index (χ0n) is 17.3. The number of benzene rings is 1. The summed E-state index contributed by atoms with van der Waals surface area (Å²) >= 11 is 0.788. The molecule has 0 fully saturated rings. The smallest absolute Gasteiger partial charge is 0.270 e. The Bertz CT molecular complexity index is 895. The van der Waals surface area contributed by atoms with E-state index in [9.17, 15) is 14.4 Å². The van der Waals surface area contributed by atoms with Crippen molar-refractivity contribution in [2.45, 2.75) is 26.8 Å². The van der Waals surface area contributed by atoms with E-state index in [-0.39, 0.29) is 35.3 Å². The molecule has 1 aromatic carbocycles. The van der Waals surface area contributed by atoms with E-state index in [0.717, 1.165) is 23.5 Å². The predicted molar refractivity (Wildman–Crippen MR) is 115 cm³/mol. The molecule has 162 valence electrons. The van der Waals surface area contributed by atoms with Gasteiger partial charge in [-0.1, -0.05) is 26.0 Å². The average molecular weight is 434 g/mol. The Balaban J connectivity index is 2.21. The minimum atomic E-state index is -0.809. The number of anilines is 1. The number of hydrogen-bond acceptors (Lipinski definition) is 7. The van der Waals surface area contributed by atoms with Crippen LogP contribution in [0.25, 0.3) is 0 Å². The van der Waals surface area contributed by atoms with Crippen molar-refractivity contribution in [3.05, 3.63) is 40.4 Å². The maximum absolute atomic E-state index is 13.1. The molecule has 0 saturated heterocycles. The first-order valence-corrected chi connectivity index (χ1v) is 10.2. The lowest BCUT2D eigenvalue weighted by Gasteiger charge is -2.22. The highest BCUT2D eigenvalue weighted by Gasteiger charge is 2.26. The average Bonchev–Trinajstić information content (AvgIpc) is 3.08. The van der Waals surface area contributed by atoms with E-state index in [4.69, 9.17) is 16.2 Å². The lowest BCUT2D eigenvalue weighted by atomic mass is 10.1. The third kappa shape index (κ3) is 6.18. The first-order valence-electron chi connectivity index (χ1n) is 9.46. The molecular weight excluding hydrogens is 406 g/mol. The van der Waals surface area contributed by atoms with E-state index in [0.29, 0.717) is 18.2 Å². The van der Waals surface area contributed by atoms with Crippen LogP contribution in [0.2, 0.25) is 0 Å². The minimum Gasteiger partial charge on any atom is -0.497 e. The van der Waals surface area contributed by atoms with Crippen LogP contribution in [0.1, 0.15) is 46.0 Å². The van der Waals surface area contributed by atoms with Crippen LogP contribution in [0, 0.1) is 5.92 Å². The van der Waals surface area contributed by atoms with Gasteiger partial charge in [-0.3, -0.25) is 14.4 Å². The van der Waals surface area contributed by atoms with Crippen LogP contribution in [0.5, 0.6) is 5.75 Å². The fraction of sp³-hybridized carbons (Fsp3) is 0.400. The SMILES string of the molecule is COc1ccc(CN(CC(=O)NCCC(C)C)C(=O)c2snc(C(N)=O)c2N)cc1. The van der Waals surface area contributed by atoms with E-state index in [1.807, 2.05) is 0 Å². The molecule has 3 amide bonds. The molecule has 30 heavy (non-hydrogen) atoms. The van der Waals surface area contributed by atoms with Crippen LogP contribution in [-0.4, -0.2) is 47.2 Å². The molecule has 0 spiro atoms. The van der Waals surface area contributed by atoms with Gasteiger partial charge in [-0.25, -0.2) is 0 Å². The van der Waals surface area contributed by atoms with Crippen LogP contribution in [0.3, 0.4) is 0 Å². The highest BCUT2D eigenvalue weighted by atomic mass is 32.1. The Hall–Kier alpha value is -3.14. The molecule has 10 heteroatoms. The maximum atomic E-state index is 13.1. The van der Waals surface area contributed by atoms with Gasteiger partial charge in [-0.05, 0) is 41.6 Å². The first-order chi connectivity index (χ1) is 14.2. The van der Waals surface area contributed by atoms with Crippen molar-refractivity contribution >= 4 is 34.9 Å². The Morgan fingerprint density at radius 2 is 1.90 bits per heavy atom. The number of hydrogen-bond donors (Lipinski definition) is 3. The monoisotopic (exact) mass is 433 g/mol. The van der Waals surface area contributed by atoms with Crippen molar-refractivity contribution < 1.29 is 19.1 Å². The lowest BCUT2D eigenvalue weighted by Crippen LogP contribution is -2.40. The normalized spacial score (nSPS) is 10.7. The Morgan fingerprint density at radius 3 is 2.43 bits per heavy atom. The molecule has 0 aliphatic rings. The summed E-state index contributed by atoms with van der Waals surface area (Å²) in [6.07, 6.45) is 0.835. The number of rotatable bonds is 10. The van der Waals surface area contributed by atoms with Gasteiger partial charge in [-0.2, -0.15) is 4.37 Å². The number of nitrogens with zero attached hydrogens (tertiary/aromatic N) is 2. The van der Waals surface area contributed by atoms with Crippen molar-refractivity contribution in [2.24, 2.45) is 11.7 Å². The number of methoxy groups -OCH3 is 1. The number of amides is 3. The molecule has 0 unspecified atom stereocenters. The lowest BCUT2D eigenvalue weighted by molar-refractivity contribution is -0.121. The van der Waals surface area contributed by atoms with Gasteiger partial charge in [0.1, 0.15) is 17.2 Å². The summed E-state index contributed by atoms with van der Waals surface area (Å²) in [4.78, 5) is 38.4. The molecule has 0 aliphatic carbocycles. The van der Waals surface area contributed by atoms with Gasteiger partial charge in [0.25, 0.3) is 11.8 Å². The molecule has 9 nitrogen and oxygen atoms in total. The third-order valence-electron chi connectivity index (χ3n) is 4.35. The third-order valence-corrected chi connectivity index (χ3v) is 5.20. The van der Waals surface area contributed by atoms with E-state index in [2.05, 4.69) is 23.5 Å². The topological polar surface area (TPSA) is 141 Å². The molecule has 0 atom stereocenters. The molecule has 0 radical (unpaired) electrons. The number of ether oxygens (including phenoxy) is 1. The minimum absolute atomic E-state index is 0.0718. The zero-order chi connectivity index (χ0) is 22.3. The van der Waals surface area contributed by atoms with E-state index >= 15 is 0 Å². The molecule has 0 aliphatic heterocycles. The highest BCUT2D eigenvalue weighted by molar-refractivity contribution is 7.09. The number of nitrogens with one attached hydrogen (secondary N) is 1. The number of nitrogens with two attached hydrogens (primary N) is 2. The van der Waals surface area contributed by atoms with Crippen LogP contribution >= 0.6 is 11.5 Å². The maximum Gasteiger partial charge on any atom is 0.270 e. The second kappa shape index (κ2) is 10.6. The van der Waals surface area contributed by atoms with Crippen LogP contribution in [0.4, 0.5) is 5.69 Å². The van der Waals surface area contributed by atoms with Crippen LogP contribution < -0.4 is 21.5 Å². The Morgan fingerprint density at radius 1 is 1.23 bits per heavy atom. The molecular formula is C20H27N5O4S. The first kappa shape index (κ1) is 23.1. The van der Waals surface area contributed by atoms with Gasteiger partial charge < -0.3 is 26.4 Å². The van der Waals surface area contributed by atoms with Gasteiger partial charge in [0.05, 0.1) is 12.8 Å². The second-order valence-corrected chi connectivity index (χ2v) is 7.95. The highest BCUT2D eigenvalue weighted by Crippen LogP contribution is 2.24. The van der Waals surface area contributed by atoms with Crippen molar-refractivity contribution in [3.8, 4) is 5.75 Å². The van der Waals surface area contributed by atoms with Gasteiger partial charge in [0, 0.05) is 13.1 Å². The fourth-order valence-corrected chi connectivity index (χ4v) is 3.43. The molecule has 0 bridgehead atoms. The predicted octanol–water partition coefficient (Wildman–Crippen LogP) is 1.64. The van der Waals surface area contributed by atoms with Gasteiger partial charge in [0.15, 0.2) is 5.69 Å². The quantitative estimate of drug-likeness (QED) is 0.520. The van der Waals surface area contributed by atoms with Gasteiger partial charge >= 0.3 is 0 Å². The van der Waals surface area contributed by atoms with Crippen molar-refractivity contribution in [1.29, 1.82) is 0 Å². The molecule has 0 saturated carbocycles. The fourth-order valence-electron chi connectivity index (χ4n) is 2.65. The summed E-state index contributed by atoms with van der Waals surface area (Å²) in [6.45, 7) is 4.66. The Labute approximate surface area is 179 Å². The summed E-state index contributed by atoms with van der Waals surface area (Å²) in [6, 6.07) is 7.15. The molecule has 2 rings (SSSR count).